The monoisotopic (exact) mass is 253 g/mol. The Bertz CT molecular complexity index is 345. The molecule has 0 atom stereocenters. The molecule has 0 aliphatic carbocycles. The zero-order valence-electron chi connectivity index (χ0n) is 11.3. The van der Waals surface area contributed by atoms with Gasteiger partial charge in [0.1, 0.15) is 5.75 Å². The molecule has 1 aromatic rings. The van der Waals surface area contributed by atoms with E-state index < -0.39 is 5.41 Å². The number of ether oxygens (including phenoxy) is 1. The lowest BCUT2D eigenvalue weighted by Crippen LogP contribution is -2.33. The summed E-state index contributed by atoms with van der Waals surface area (Å²) in [6.07, 6.45) is 0.163. The van der Waals surface area contributed by atoms with E-state index in [4.69, 9.17) is 4.74 Å². The topological polar surface area (TPSA) is 61.7 Å². The van der Waals surface area contributed by atoms with Gasteiger partial charge in [-0.2, -0.15) is 0 Å². The Labute approximate surface area is 109 Å². The van der Waals surface area contributed by atoms with Crippen molar-refractivity contribution >= 4 is 5.69 Å². The van der Waals surface area contributed by atoms with Crippen molar-refractivity contribution in [1.82, 2.24) is 0 Å². The molecule has 3 N–H and O–H groups in total. The predicted molar refractivity (Wildman–Crippen MR) is 73.0 cm³/mol. The highest BCUT2D eigenvalue weighted by Crippen LogP contribution is 2.19. The molecule has 0 aliphatic heterocycles. The average Bonchev–Trinajstić information content (AvgIpc) is 2.37. The number of nitrogens with one attached hydrogen (secondary N) is 1. The van der Waals surface area contributed by atoms with Crippen molar-refractivity contribution in [2.45, 2.75) is 26.9 Å². The van der Waals surface area contributed by atoms with Crippen molar-refractivity contribution in [3.05, 3.63) is 24.3 Å². The third kappa shape index (κ3) is 4.55. The van der Waals surface area contributed by atoms with Crippen molar-refractivity contribution in [3.63, 3.8) is 0 Å². The molecule has 0 heterocycles. The van der Waals surface area contributed by atoms with Crippen LogP contribution in [0.4, 0.5) is 5.69 Å². The molecule has 0 bridgehead atoms. The minimum absolute atomic E-state index is 0.0506. The van der Waals surface area contributed by atoms with Crippen molar-refractivity contribution in [2.24, 2.45) is 5.41 Å². The zero-order valence-corrected chi connectivity index (χ0v) is 11.3. The largest absolute Gasteiger partial charge is 0.491 e. The molecule has 0 saturated heterocycles. The molecule has 0 aromatic heterocycles. The van der Waals surface area contributed by atoms with Crippen LogP contribution in [0.5, 0.6) is 5.75 Å². The number of rotatable bonds is 7. The molecule has 0 fully saturated rings. The van der Waals surface area contributed by atoms with Gasteiger partial charge in [-0.15, -0.1) is 0 Å². The van der Waals surface area contributed by atoms with Crippen LogP contribution in [0.1, 0.15) is 20.8 Å². The summed E-state index contributed by atoms with van der Waals surface area (Å²) in [5.74, 6) is 0.836. The van der Waals surface area contributed by atoms with Crippen LogP contribution in [-0.2, 0) is 0 Å². The van der Waals surface area contributed by atoms with Gasteiger partial charge in [-0.3, -0.25) is 0 Å². The van der Waals surface area contributed by atoms with Gasteiger partial charge in [0.05, 0.1) is 19.3 Å². The molecule has 4 nitrogen and oxygen atoms in total. The van der Waals surface area contributed by atoms with Crippen LogP contribution in [0.25, 0.3) is 0 Å². The molecule has 1 rings (SSSR count). The number of aliphatic hydroxyl groups excluding tert-OH is 2. The van der Waals surface area contributed by atoms with E-state index in [0.29, 0.717) is 6.54 Å². The fourth-order valence-electron chi connectivity index (χ4n) is 1.40. The second kappa shape index (κ2) is 6.61. The summed E-state index contributed by atoms with van der Waals surface area (Å²) in [4.78, 5) is 0. The minimum Gasteiger partial charge on any atom is -0.491 e. The molecule has 18 heavy (non-hydrogen) atoms. The Morgan fingerprint density at radius 2 is 1.72 bits per heavy atom. The fraction of sp³-hybridized carbons (Fsp3) is 0.571. The molecule has 0 aliphatic rings. The number of aliphatic hydroxyl groups is 2. The van der Waals surface area contributed by atoms with Crippen molar-refractivity contribution in [3.8, 4) is 5.75 Å². The maximum atomic E-state index is 9.19. The lowest BCUT2D eigenvalue weighted by molar-refractivity contribution is 0.0806. The summed E-state index contributed by atoms with van der Waals surface area (Å²) in [5.41, 5.74) is 0.437. The number of benzene rings is 1. The van der Waals surface area contributed by atoms with Gasteiger partial charge in [-0.05, 0) is 38.1 Å². The first-order valence-corrected chi connectivity index (χ1v) is 6.21. The summed E-state index contributed by atoms with van der Waals surface area (Å²) >= 11 is 0. The van der Waals surface area contributed by atoms with E-state index in [0.717, 1.165) is 11.4 Å². The molecule has 0 saturated carbocycles. The normalized spacial score (nSPS) is 11.7. The Morgan fingerprint density at radius 3 is 2.17 bits per heavy atom. The first-order valence-electron chi connectivity index (χ1n) is 6.21. The van der Waals surface area contributed by atoms with Gasteiger partial charge in [0.15, 0.2) is 0 Å². The molecule has 0 radical (unpaired) electrons. The first kappa shape index (κ1) is 14.8. The van der Waals surface area contributed by atoms with E-state index in [1.807, 2.05) is 45.0 Å². The summed E-state index contributed by atoms with van der Waals surface area (Å²) < 4.78 is 5.55. The van der Waals surface area contributed by atoms with Crippen LogP contribution >= 0.6 is 0 Å². The Kier molecular flexibility index (Phi) is 5.44. The molecule has 0 amide bonds. The number of hydrogen-bond donors (Lipinski definition) is 3. The van der Waals surface area contributed by atoms with Gasteiger partial charge < -0.3 is 20.3 Å². The Morgan fingerprint density at radius 1 is 1.17 bits per heavy atom. The van der Waals surface area contributed by atoms with Crippen molar-refractivity contribution in [1.29, 1.82) is 0 Å². The molecular formula is C14H23NO3. The van der Waals surface area contributed by atoms with Crippen LogP contribution in [-0.4, -0.2) is 36.1 Å². The second-order valence-electron chi connectivity index (χ2n) is 5.17. The molecule has 102 valence electrons. The average molecular weight is 253 g/mol. The van der Waals surface area contributed by atoms with Gasteiger partial charge >= 0.3 is 0 Å². The van der Waals surface area contributed by atoms with Crippen LogP contribution in [0, 0.1) is 5.41 Å². The van der Waals surface area contributed by atoms with Gasteiger partial charge in [-0.25, -0.2) is 0 Å². The predicted octanol–water partition coefficient (Wildman–Crippen LogP) is 1.88. The van der Waals surface area contributed by atoms with E-state index in [-0.39, 0.29) is 19.3 Å². The lowest BCUT2D eigenvalue weighted by atomic mass is 9.93. The highest BCUT2D eigenvalue weighted by atomic mass is 16.5. The first-order chi connectivity index (χ1) is 8.49. The van der Waals surface area contributed by atoms with Crippen LogP contribution < -0.4 is 10.1 Å². The zero-order chi connectivity index (χ0) is 13.6. The van der Waals surface area contributed by atoms with E-state index >= 15 is 0 Å². The molecule has 0 unspecified atom stereocenters. The third-order valence-corrected chi connectivity index (χ3v) is 2.71. The highest BCUT2D eigenvalue weighted by molar-refractivity contribution is 5.46. The summed E-state index contributed by atoms with van der Waals surface area (Å²) in [7, 11) is 0. The van der Waals surface area contributed by atoms with Gasteiger partial charge in [0.25, 0.3) is 0 Å². The maximum absolute atomic E-state index is 9.19. The van der Waals surface area contributed by atoms with E-state index in [2.05, 4.69) is 5.32 Å². The van der Waals surface area contributed by atoms with Crippen molar-refractivity contribution < 1.29 is 14.9 Å². The number of anilines is 1. The van der Waals surface area contributed by atoms with Crippen LogP contribution in [0.3, 0.4) is 0 Å². The van der Waals surface area contributed by atoms with Gasteiger partial charge in [-0.1, -0.05) is 6.92 Å². The molecule has 0 spiro atoms. The Balaban J connectivity index is 2.53. The van der Waals surface area contributed by atoms with Crippen LogP contribution in [0.2, 0.25) is 0 Å². The minimum atomic E-state index is -0.507. The van der Waals surface area contributed by atoms with Crippen molar-refractivity contribution in [2.75, 3.05) is 25.1 Å². The number of hydrogen-bond acceptors (Lipinski definition) is 4. The third-order valence-electron chi connectivity index (χ3n) is 2.71. The highest BCUT2D eigenvalue weighted by Gasteiger charge is 2.21. The fourth-order valence-corrected chi connectivity index (χ4v) is 1.40. The molecular weight excluding hydrogens is 230 g/mol. The smallest absolute Gasteiger partial charge is 0.119 e. The summed E-state index contributed by atoms with van der Waals surface area (Å²) in [6.45, 7) is 6.22. The van der Waals surface area contributed by atoms with E-state index in [9.17, 15) is 10.2 Å². The van der Waals surface area contributed by atoms with Gasteiger partial charge in [0.2, 0.25) is 0 Å². The quantitative estimate of drug-likeness (QED) is 0.694. The summed E-state index contributed by atoms with van der Waals surface area (Å²) in [5, 5.41) is 21.6. The molecule has 4 heteroatoms. The van der Waals surface area contributed by atoms with Gasteiger partial charge in [0, 0.05) is 17.6 Å². The molecule has 1 aromatic carbocycles. The van der Waals surface area contributed by atoms with Crippen LogP contribution in [0.15, 0.2) is 24.3 Å². The lowest BCUT2D eigenvalue weighted by Gasteiger charge is -2.25. The summed E-state index contributed by atoms with van der Waals surface area (Å²) in [6, 6.07) is 7.65. The Hall–Kier alpha value is -1.26. The van der Waals surface area contributed by atoms with E-state index in [1.54, 1.807) is 0 Å². The standard InChI is InChI=1S/C14H23NO3/c1-11(2)18-13-6-4-12(5-7-13)15-8-14(3,9-16)10-17/h4-7,11,15-17H,8-10H2,1-3H3. The second-order valence-corrected chi connectivity index (χ2v) is 5.17. The maximum Gasteiger partial charge on any atom is 0.119 e. The van der Waals surface area contributed by atoms with E-state index in [1.165, 1.54) is 0 Å². The SMILES string of the molecule is CC(C)Oc1ccc(NCC(C)(CO)CO)cc1.